The average Bonchev–Trinajstić information content (AvgIpc) is 3.34. The smallest absolute Gasteiger partial charge is 0.387 e. The topological polar surface area (TPSA) is 105 Å². The van der Waals surface area contributed by atoms with Gasteiger partial charge in [-0.25, -0.2) is 4.57 Å². The average molecular weight is 1030 g/mol. The lowest BCUT2D eigenvalue weighted by atomic mass is 10.0. The van der Waals surface area contributed by atoms with Crippen molar-refractivity contribution >= 4 is 13.7 Å². The summed E-state index contributed by atoms with van der Waals surface area (Å²) in [6, 6.07) is -0.873. The van der Waals surface area contributed by atoms with Crippen molar-refractivity contribution in [3.63, 3.8) is 0 Å². The van der Waals surface area contributed by atoms with Crippen molar-refractivity contribution in [2.24, 2.45) is 0 Å². The van der Waals surface area contributed by atoms with Crippen molar-refractivity contribution in [3.05, 3.63) is 60.8 Å². The first-order chi connectivity index (χ1) is 35.0. The van der Waals surface area contributed by atoms with Crippen molar-refractivity contribution in [2.75, 3.05) is 40.9 Å². The first-order valence-corrected chi connectivity index (χ1v) is 32.2. The molecule has 0 spiro atoms. The van der Waals surface area contributed by atoms with Crippen LogP contribution in [0.2, 0.25) is 0 Å². The maximum absolute atomic E-state index is 13.0. The van der Waals surface area contributed by atoms with Crippen LogP contribution in [0.1, 0.15) is 284 Å². The zero-order chi connectivity index (χ0) is 52.7. The molecule has 0 aromatic rings. The number of carbonyl (C=O) groups is 1. The molecule has 0 aromatic heterocycles. The molecule has 0 fully saturated rings. The second-order valence-corrected chi connectivity index (χ2v) is 23.5. The van der Waals surface area contributed by atoms with Gasteiger partial charge in [0.05, 0.1) is 39.9 Å². The Morgan fingerprint density at radius 2 is 0.806 bits per heavy atom. The zero-order valence-electron chi connectivity index (χ0n) is 48.2. The summed E-state index contributed by atoms with van der Waals surface area (Å²) in [4.78, 5) is 23.3. The van der Waals surface area contributed by atoms with E-state index in [0.717, 1.165) is 51.4 Å². The molecule has 0 radical (unpaired) electrons. The molecule has 0 aromatic carbocycles. The summed E-state index contributed by atoms with van der Waals surface area (Å²) in [6.45, 7) is 4.81. The van der Waals surface area contributed by atoms with E-state index in [-0.39, 0.29) is 19.1 Å². The van der Waals surface area contributed by atoms with Gasteiger partial charge in [-0.05, 0) is 77.0 Å². The van der Waals surface area contributed by atoms with Crippen molar-refractivity contribution in [1.82, 2.24) is 5.32 Å². The Balaban J connectivity index is 4.21. The number of hydrogen-bond donors (Lipinski definition) is 3. The van der Waals surface area contributed by atoms with E-state index in [0.29, 0.717) is 17.4 Å². The van der Waals surface area contributed by atoms with Crippen LogP contribution in [-0.4, -0.2) is 73.4 Å². The fraction of sp³-hybridized carbons (Fsp3) is 0.825. The third kappa shape index (κ3) is 55.9. The number of rotatable bonds is 56. The highest BCUT2D eigenvalue weighted by atomic mass is 31.2. The summed E-state index contributed by atoms with van der Waals surface area (Å²) in [6.07, 6.45) is 73.4. The number of amides is 1. The Bertz CT molecular complexity index is 1360. The van der Waals surface area contributed by atoms with E-state index in [4.69, 9.17) is 9.05 Å². The molecular formula is C63H120N2O6P+. The molecular weight excluding hydrogens is 912 g/mol. The maximum Gasteiger partial charge on any atom is 0.472 e. The quantitative estimate of drug-likeness (QED) is 0.0243. The third-order valence-corrected chi connectivity index (χ3v) is 14.7. The first-order valence-electron chi connectivity index (χ1n) is 30.7. The van der Waals surface area contributed by atoms with Crippen LogP contribution in [-0.2, 0) is 18.4 Å². The lowest BCUT2D eigenvalue weighted by Crippen LogP contribution is -2.45. The number of allylic oxidation sites excluding steroid dienone is 9. The second kappa shape index (κ2) is 54.0. The number of unbranched alkanes of at least 4 members (excludes halogenated alkanes) is 35. The van der Waals surface area contributed by atoms with Crippen LogP contribution in [0, 0.1) is 0 Å². The molecule has 3 N–H and O–H groups in total. The van der Waals surface area contributed by atoms with Gasteiger partial charge in [-0.2, -0.15) is 0 Å². The van der Waals surface area contributed by atoms with E-state index in [1.165, 1.54) is 212 Å². The van der Waals surface area contributed by atoms with Gasteiger partial charge in [-0.1, -0.05) is 261 Å². The minimum atomic E-state index is -4.36. The normalized spacial score (nSPS) is 14.3. The second-order valence-electron chi connectivity index (χ2n) is 22.1. The van der Waals surface area contributed by atoms with E-state index < -0.39 is 20.0 Å². The number of likely N-dealkylation sites (N-methyl/N-ethyl adjacent to an activating group) is 1. The van der Waals surface area contributed by atoms with Gasteiger partial charge >= 0.3 is 7.82 Å². The van der Waals surface area contributed by atoms with E-state index in [1.807, 2.05) is 27.2 Å². The number of carbonyl (C=O) groups excluding carboxylic acids is 1. The Kier molecular flexibility index (Phi) is 52.7. The summed E-state index contributed by atoms with van der Waals surface area (Å²) in [5, 5.41) is 13.9. The lowest BCUT2D eigenvalue weighted by Gasteiger charge is -2.25. The van der Waals surface area contributed by atoms with Crippen LogP contribution in [0.3, 0.4) is 0 Å². The molecule has 0 aliphatic rings. The van der Waals surface area contributed by atoms with Crippen LogP contribution < -0.4 is 5.32 Å². The molecule has 0 saturated carbocycles. The monoisotopic (exact) mass is 1030 g/mol. The van der Waals surface area contributed by atoms with Gasteiger partial charge in [0.2, 0.25) is 5.91 Å². The Morgan fingerprint density at radius 1 is 0.472 bits per heavy atom. The van der Waals surface area contributed by atoms with Gasteiger partial charge in [-0.15, -0.1) is 0 Å². The summed E-state index contributed by atoms with van der Waals surface area (Å²) in [5.74, 6) is -0.190. The van der Waals surface area contributed by atoms with Gasteiger partial charge in [0.25, 0.3) is 0 Å². The lowest BCUT2D eigenvalue weighted by molar-refractivity contribution is -0.870. The molecule has 0 saturated heterocycles. The summed E-state index contributed by atoms with van der Waals surface area (Å²) in [7, 11) is 1.55. The van der Waals surface area contributed by atoms with Crippen LogP contribution in [0.5, 0.6) is 0 Å². The first kappa shape index (κ1) is 70.2. The predicted octanol–water partition coefficient (Wildman–Crippen LogP) is 18.9. The van der Waals surface area contributed by atoms with E-state index >= 15 is 0 Å². The van der Waals surface area contributed by atoms with Crippen LogP contribution >= 0.6 is 7.82 Å². The highest BCUT2D eigenvalue weighted by Crippen LogP contribution is 2.43. The molecule has 3 atom stereocenters. The minimum Gasteiger partial charge on any atom is -0.387 e. The molecule has 0 aliphatic carbocycles. The standard InChI is InChI=1S/C63H119N2O6P/c1-6-8-10-12-14-16-18-20-22-24-26-28-29-30-31-32-33-34-35-37-39-41-43-45-47-49-51-53-55-57-63(67)64-61(60-71-72(68,69)70-59-58-65(3,4)5)62(66)56-54-52-50-48-46-44-42-40-38-36-27-25-23-21-19-17-15-13-11-9-7-2/h26,28,30-31,38,40,46,48,54,56,61-62,66H,6-25,27,29,32-37,39,41-45,47,49-53,55,57-60H2,1-5H3,(H-,64,67,68,69)/p+1/b28-26-,31-30-,40-38+,48-46+,56-54+. The highest BCUT2D eigenvalue weighted by molar-refractivity contribution is 7.47. The molecule has 1 amide bonds. The van der Waals surface area contributed by atoms with Crippen LogP contribution in [0.4, 0.5) is 0 Å². The largest absolute Gasteiger partial charge is 0.472 e. The van der Waals surface area contributed by atoms with Gasteiger partial charge in [-0.3, -0.25) is 13.8 Å². The SMILES string of the molecule is CCCCCCCCCCC/C=C\C/C=C\CCCCCCCCCCCCCCCC(=O)NC(COP(=O)(O)OCC[N+](C)(C)C)C(O)/C=C/CC/C=C/CC/C=C/CCCCCCCCCCCCC. The van der Waals surface area contributed by atoms with Gasteiger partial charge in [0.1, 0.15) is 13.2 Å². The summed E-state index contributed by atoms with van der Waals surface area (Å²) >= 11 is 0. The fourth-order valence-electron chi connectivity index (χ4n) is 8.87. The molecule has 8 nitrogen and oxygen atoms in total. The predicted molar refractivity (Wildman–Crippen MR) is 314 cm³/mol. The highest BCUT2D eigenvalue weighted by Gasteiger charge is 2.27. The Morgan fingerprint density at radius 3 is 1.19 bits per heavy atom. The zero-order valence-corrected chi connectivity index (χ0v) is 49.1. The van der Waals surface area contributed by atoms with E-state index in [9.17, 15) is 19.4 Å². The van der Waals surface area contributed by atoms with Crippen LogP contribution in [0.25, 0.3) is 0 Å². The van der Waals surface area contributed by atoms with Crippen molar-refractivity contribution < 1.29 is 32.9 Å². The number of nitrogens with one attached hydrogen (secondary N) is 1. The summed E-state index contributed by atoms with van der Waals surface area (Å²) < 4.78 is 23.7. The van der Waals surface area contributed by atoms with Crippen LogP contribution in [0.15, 0.2) is 60.8 Å². The maximum atomic E-state index is 13.0. The Hall–Kier alpha value is -1.80. The van der Waals surface area contributed by atoms with Gasteiger partial charge in [0, 0.05) is 6.42 Å². The molecule has 72 heavy (non-hydrogen) atoms. The third-order valence-electron chi connectivity index (χ3n) is 13.7. The van der Waals surface area contributed by atoms with E-state index in [2.05, 4.69) is 67.8 Å². The van der Waals surface area contributed by atoms with E-state index in [1.54, 1.807) is 6.08 Å². The number of hydrogen-bond acceptors (Lipinski definition) is 5. The fourth-order valence-corrected chi connectivity index (χ4v) is 9.61. The molecule has 0 rings (SSSR count). The number of quaternary nitrogens is 1. The Labute approximate surface area is 447 Å². The number of nitrogens with zero attached hydrogens (tertiary/aromatic N) is 1. The number of aliphatic hydroxyl groups is 1. The van der Waals surface area contributed by atoms with Gasteiger partial charge < -0.3 is 19.8 Å². The molecule has 422 valence electrons. The van der Waals surface area contributed by atoms with Crippen molar-refractivity contribution in [1.29, 1.82) is 0 Å². The minimum absolute atomic E-state index is 0.0522. The molecule has 3 unspecified atom stereocenters. The number of phosphoric acid groups is 1. The molecule has 0 aliphatic heterocycles. The van der Waals surface area contributed by atoms with Crippen molar-refractivity contribution in [3.8, 4) is 0 Å². The molecule has 9 heteroatoms. The summed E-state index contributed by atoms with van der Waals surface area (Å²) in [5.41, 5.74) is 0. The van der Waals surface area contributed by atoms with Crippen molar-refractivity contribution in [2.45, 2.75) is 296 Å². The number of phosphoric ester groups is 1. The molecule has 0 bridgehead atoms. The van der Waals surface area contributed by atoms with Gasteiger partial charge in [0.15, 0.2) is 0 Å². The number of aliphatic hydroxyl groups excluding tert-OH is 1. The molecule has 0 heterocycles.